The summed E-state index contributed by atoms with van der Waals surface area (Å²) in [5.41, 5.74) is 8.52. The molecule has 7 rings (SSSR count). The number of carbonyl (C=O) groups excluding carboxylic acids is 9. The molecule has 103 heavy (non-hydrogen) atoms. The lowest BCUT2D eigenvalue weighted by Crippen LogP contribution is -2.54. The molecule has 0 aliphatic carbocycles. The number of rotatable bonds is 26. The first-order valence-electron chi connectivity index (χ1n) is 35.5. The maximum absolute atomic E-state index is 13.6. The molecule has 3 fully saturated rings. The van der Waals surface area contributed by atoms with Gasteiger partial charge in [0.15, 0.2) is 23.1 Å². The van der Waals surface area contributed by atoms with Crippen LogP contribution >= 0.6 is 0 Å². The molecule has 26 nitrogen and oxygen atoms in total. The van der Waals surface area contributed by atoms with Gasteiger partial charge in [-0.05, 0) is 166 Å². The number of fused-ring (bicyclic) bond motifs is 1. The van der Waals surface area contributed by atoms with Crippen LogP contribution in [0.3, 0.4) is 0 Å². The Balaban J connectivity index is 0.000000325. The van der Waals surface area contributed by atoms with Gasteiger partial charge in [0.1, 0.15) is 59.3 Å². The number of carbonyl (C=O) groups is 10. The van der Waals surface area contributed by atoms with E-state index in [0.717, 1.165) is 22.3 Å². The summed E-state index contributed by atoms with van der Waals surface area (Å²) < 4.78 is 39.4. The number of nitrogens with one attached hydrogen (secondary N) is 5. The van der Waals surface area contributed by atoms with Crippen LogP contribution in [0.2, 0.25) is 0 Å². The van der Waals surface area contributed by atoms with Crippen LogP contribution in [0.25, 0.3) is 0 Å². The highest BCUT2D eigenvalue weighted by Crippen LogP contribution is 2.26. The molecule has 564 valence electrons. The molecule has 0 spiro atoms. The number of likely N-dealkylation sites (tertiary alicyclic amines) is 1. The third-order valence-electron chi connectivity index (χ3n) is 16.6. The molecule has 3 heterocycles. The molecule has 6 atom stereocenters. The molecular formula is C77H108N8O18. The fraction of sp³-hybridized carbons (Fsp3) is 0.558. The van der Waals surface area contributed by atoms with E-state index >= 15 is 0 Å². The molecule has 4 aromatic rings. The molecule has 3 aliphatic heterocycles. The van der Waals surface area contributed by atoms with E-state index in [-0.39, 0.29) is 139 Å². The highest BCUT2D eigenvalue weighted by atomic mass is 16.5. The summed E-state index contributed by atoms with van der Waals surface area (Å²) in [5.74, 6) is -2.54. The van der Waals surface area contributed by atoms with E-state index in [1.807, 2.05) is 130 Å². The van der Waals surface area contributed by atoms with Crippen molar-refractivity contribution in [2.75, 3.05) is 85.6 Å². The number of carboxylic acids is 1. The van der Waals surface area contributed by atoms with Crippen LogP contribution in [0.4, 0.5) is 9.59 Å². The number of aliphatic carboxylic acids is 1. The number of carboxylic acid groups (broad SMARTS) is 1. The Kier molecular flexibility index (Phi) is 33.0. The summed E-state index contributed by atoms with van der Waals surface area (Å²) in [4.78, 5) is 135. The SMILES string of the molecule is CC(C)(C)Oc1ccc(C[C@H](CC(=O)COCCOCCN)C(=O)NCC(=O)C2CCCN2C(=O)N[C@@H](Cc2ccc(OC(C)(C)C)cc2)C(=O)O)cc1.Cc1ccc(C[C@@H]2NC(=O)COCCOCCNC(=O)[C@H](Cc3ccc(OC(C)(C)C)cc3)NC(=O)N3CCCC3C(=O)CCC2=O)cc1. The lowest BCUT2D eigenvalue weighted by Gasteiger charge is -2.27. The molecule has 26 heteroatoms. The molecule has 3 aliphatic rings. The Bertz CT molecular complexity index is 3420. The van der Waals surface area contributed by atoms with Gasteiger partial charge in [-0.15, -0.1) is 0 Å². The molecule has 0 bridgehead atoms. The van der Waals surface area contributed by atoms with E-state index < -0.39 is 83.3 Å². The molecule has 0 radical (unpaired) electrons. The molecule has 7 amide bonds. The van der Waals surface area contributed by atoms with Crippen molar-refractivity contribution in [3.63, 3.8) is 0 Å². The normalized spacial score (nSPS) is 19.0. The summed E-state index contributed by atoms with van der Waals surface area (Å²) in [7, 11) is 0. The monoisotopic (exact) mass is 1430 g/mol. The summed E-state index contributed by atoms with van der Waals surface area (Å²) in [6.45, 7) is 21.2. The number of Topliss-reactive ketones (excluding diaryl/α,β-unsaturated/α-hetero) is 4. The van der Waals surface area contributed by atoms with Crippen molar-refractivity contribution < 1.29 is 86.2 Å². The van der Waals surface area contributed by atoms with Gasteiger partial charge in [0.2, 0.25) is 17.7 Å². The number of urea groups is 2. The van der Waals surface area contributed by atoms with Gasteiger partial charge in [-0.2, -0.15) is 0 Å². The molecule has 0 saturated carbocycles. The smallest absolute Gasteiger partial charge is 0.326 e. The van der Waals surface area contributed by atoms with Crippen LogP contribution < -0.4 is 46.5 Å². The minimum Gasteiger partial charge on any atom is -0.488 e. The lowest BCUT2D eigenvalue weighted by molar-refractivity contribution is -0.139. The summed E-state index contributed by atoms with van der Waals surface area (Å²) in [5, 5.41) is 23.6. The fourth-order valence-electron chi connectivity index (χ4n) is 11.8. The largest absolute Gasteiger partial charge is 0.488 e. The van der Waals surface area contributed by atoms with E-state index in [0.29, 0.717) is 68.2 Å². The molecule has 0 aromatic heterocycles. The van der Waals surface area contributed by atoms with Crippen LogP contribution in [0.5, 0.6) is 17.2 Å². The van der Waals surface area contributed by atoms with Crippen LogP contribution in [-0.2, 0) is 83.0 Å². The predicted octanol–water partition coefficient (Wildman–Crippen LogP) is 6.77. The van der Waals surface area contributed by atoms with Crippen LogP contribution in [0.1, 0.15) is 135 Å². The summed E-state index contributed by atoms with van der Waals surface area (Å²) >= 11 is 0. The van der Waals surface area contributed by atoms with Gasteiger partial charge in [-0.1, -0.05) is 66.2 Å². The highest BCUT2D eigenvalue weighted by molar-refractivity contribution is 5.97. The van der Waals surface area contributed by atoms with Gasteiger partial charge in [-0.25, -0.2) is 14.4 Å². The van der Waals surface area contributed by atoms with Gasteiger partial charge < -0.3 is 80.4 Å². The average molecular weight is 1430 g/mol. The fourth-order valence-corrected chi connectivity index (χ4v) is 11.8. The topological polar surface area (TPSA) is 348 Å². The second kappa shape index (κ2) is 40.9. The number of nitrogens with two attached hydrogens (primary N) is 1. The number of hydrogen-bond acceptors (Lipinski definition) is 18. The van der Waals surface area contributed by atoms with Gasteiger partial charge in [0.05, 0.1) is 64.3 Å². The first-order chi connectivity index (χ1) is 48.8. The van der Waals surface area contributed by atoms with E-state index in [1.165, 1.54) is 9.80 Å². The van der Waals surface area contributed by atoms with Gasteiger partial charge in [0.25, 0.3) is 0 Å². The van der Waals surface area contributed by atoms with Crippen molar-refractivity contribution in [3.05, 3.63) is 125 Å². The van der Waals surface area contributed by atoms with Gasteiger partial charge in [-0.3, -0.25) is 33.6 Å². The average Bonchev–Trinajstić information content (AvgIpc) is 1.18. The number of nitrogens with zero attached hydrogens (tertiary/aromatic N) is 2. The number of amides is 7. The van der Waals surface area contributed by atoms with E-state index in [4.69, 9.17) is 38.9 Å². The third kappa shape index (κ3) is 30.6. The van der Waals surface area contributed by atoms with Crippen molar-refractivity contribution in [3.8, 4) is 17.2 Å². The van der Waals surface area contributed by atoms with Crippen molar-refractivity contribution in [2.45, 2.75) is 187 Å². The van der Waals surface area contributed by atoms with Gasteiger partial charge >= 0.3 is 18.0 Å². The number of ether oxygens (including phenoxy) is 7. The summed E-state index contributed by atoms with van der Waals surface area (Å²) in [6.07, 6.45) is 2.44. The Labute approximate surface area is 605 Å². The highest BCUT2D eigenvalue weighted by Gasteiger charge is 2.38. The first-order valence-corrected chi connectivity index (χ1v) is 35.5. The van der Waals surface area contributed by atoms with Crippen molar-refractivity contribution >= 4 is 58.9 Å². The predicted molar refractivity (Wildman–Crippen MR) is 386 cm³/mol. The molecule has 2 unspecified atom stereocenters. The van der Waals surface area contributed by atoms with Gasteiger partial charge in [0, 0.05) is 64.2 Å². The quantitative estimate of drug-likeness (QED) is 0.0319. The lowest BCUT2D eigenvalue weighted by atomic mass is 9.93. The zero-order valence-corrected chi connectivity index (χ0v) is 61.5. The second-order valence-electron chi connectivity index (χ2n) is 29.0. The molecule has 8 N–H and O–H groups in total. The number of aryl methyl sites for hydroxylation is 1. The Morgan fingerprint density at radius 2 is 1.17 bits per heavy atom. The summed E-state index contributed by atoms with van der Waals surface area (Å²) in [6, 6.07) is 23.6. The number of benzene rings is 4. The number of hydrogen-bond donors (Lipinski definition) is 7. The minimum absolute atomic E-state index is 0.0267. The third-order valence-corrected chi connectivity index (χ3v) is 16.6. The van der Waals surface area contributed by atoms with Crippen LogP contribution in [0, 0.1) is 12.8 Å². The van der Waals surface area contributed by atoms with E-state index in [1.54, 1.807) is 36.4 Å². The Morgan fingerprint density at radius 1 is 0.631 bits per heavy atom. The Morgan fingerprint density at radius 3 is 1.75 bits per heavy atom. The number of ketones is 4. The zero-order valence-electron chi connectivity index (χ0n) is 61.5. The van der Waals surface area contributed by atoms with Crippen molar-refractivity contribution in [1.82, 2.24) is 36.4 Å². The van der Waals surface area contributed by atoms with E-state index in [2.05, 4.69) is 26.6 Å². The first kappa shape index (κ1) is 83.1. The van der Waals surface area contributed by atoms with Crippen LogP contribution in [0.15, 0.2) is 97.1 Å². The molecule has 4 aromatic carbocycles. The van der Waals surface area contributed by atoms with E-state index in [9.17, 15) is 53.1 Å². The van der Waals surface area contributed by atoms with Crippen molar-refractivity contribution in [2.24, 2.45) is 11.7 Å². The molecule has 3 saturated heterocycles. The maximum Gasteiger partial charge on any atom is 0.326 e. The van der Waals surface area contributed by atoms with Crippen LogP contribution in [-0.4, -0.2) is 206 Å². The standard InChI is InChI=1S/C40H58N4O10.C37H50N4O8/c1-39(2,3)53-31-13-9-27(10-14-31)22-29(24-30(45)26-52-21-20-51-19-17-41)36(47)42-25-35(46)34-8-7-18-44(34)38(50)43-33(37(48)49)23-28-11-15-32(16-12-28)54-40(4,5)6;1-25-7-9-26(10-8-25)22-29-32(42)15-16-33(43)31-6-5-18-41(31)36(46)40-30(23-27-11-13-28(14-12-27)49-37(2,3)4)35(45)38-17-19-47-20-21-48-24-34(44)39-29/h9-16,29,33-34H,7-8,17-26,41H2,1-6H3,(H,42,47)(H,43,50)(H,48,49);7-14,29-31H,5-6,15-24H2,1-4H3,(H,38,45)(H,39,44)(H,40,46)/t29-,33+,34?;29-,30-,31?/m10/s1. The Hall–Kier alpha value is -8.82. The minimum atomic E-state index is -1.24. The zero-order chi connectivity index (χ0) is 75.3. The van der Waals surface area contributed by atoms with Crippen molar-refractivity contribution in [1.29, 1.82) is 0 Å². The maximum atomic E-state index is 13.6. The second-order valence-corrected chi connectivity index (χ2v) is 29.0. The molecular weight excluding hydrogens is 1320 g/mol.